The lowest BCUT2D eigenvalue weighted by molar-refractivity contribution is -0.139. The van der Waals surface area contributed by atoms with E-state index in [1.54, 1.807) is 0 Å². The first kappa shape index (κ1) is 21.7. The zero-order valence-corrected chi connectivity index (χ0v) is 18.4. The maximum absolute atomic E-state index is 12.8. The van der Waals surface area contributed by atoms with Gasteiger partial charge in [-0.25, -0.2) is 9.78 Å². The number of nitrogens with zero attached hydrogens (tertiary/aromatic N) is 2. The van der Waals surface area contributed by atoms with Crippen LogP contribution in [-0.2, 0) is 14.9 Å². The standard InChI is InChI=1S/C22H35N3O4/c1-6-15(13-24-20(27)28-5)18(26)25-9-7-22(8-10-25)11-16(12-22)17-14-23-19(29-17)21(2,3)4/h14-16H,6-13H2,1-5H3,(H,24,27). The number of ether oxygens (including phenoxy) is 1. The van der Waals surface area contributed by atoms with Crippen LogP contribution in [0.1, 0.15) is 77.4 Å². The molecular weight excluding hydrogens is 370 g/mol. The molecule has 3 rings (SSSR count). The van der Waals surface area contributed by atoms with Crippen LogP contribution in [0.3, 0.4) is 0 Å². The smallest absolute Gasteiger partial charge is 0.406 e. The van der Waals surface area contributed by atoms with E-state index in [0.29, 0.717) is 24.3 Å². The number of carbonyl (C=O) groups excluding carboxylic acids is 2. The molecule has 1 saturated heterocycles. The SMILES string of the molecule is CCC(CNC(=O)OC)C(=O)N1CCC2(CC1)CC(c1cnc(C(C)(C)C)o1)C2. The quantitative estimate of drug-likeness (QED) is 0.804. The van der Waals surface area contributed by atoms with Crippen LogP contribution in [0, 0.1) is 11.3 Å². The highest BCUT2D eigenvalue weighted by Crippen LogP contribution is 2.56. The zero-order chi connectivity index (χ0) is 21.2. The van der Waals surface area contributed by atoms with Gasteiger partial charge in [0.05, 0.1) is 19.2 Å². The number of methoxy groups -OCH3 is 1. The van der Waals surface area contributed by atoms with Crippen LogP contribution in [0.15, 0.2) is 10.6 Å². The molecule has 0 bridgehead atoms. The van der Waals surface area contributed by atoms with Crippen LogP contribution in [0.25, 0.3) is 0 Å². The molecule has 1 saturated carbocycles. The first-order valence-electron chi connectivity index (χ1n) is 10.7. The van der Waals surface area contributed by atoms with Crippen LogP contribution in [0.2, 0.25) is 0 Å². The minimum absolute atomic E-state index is 0.0655. The number of alkyl carbamates (subject to hydrolysis) is 1. The van der Waals surface area contributed by atoms with Gasteiger partial charge in [0.15, 0.2) is 5.89 Å². The highest BCUT2D eigenvalue weighted by molar-refractivity contribution is 5.80. The van der Waals surface area contributed by atoms with E-state index in [2.05, 4.69) is 35.8 Å². The number of carbonyl (C=O) groups is 2. The minimum Gasteiger partial charge on any atom is -0.453 e. The number of nitrogens with one attached hydrogen (secondary N) is 1. The minimum atomic E-state index is -0.489. The van der Waals surface area contributed by atoms with Gasteiger partial charge in [0.2, 0.25) is 5.91 Å². The molecule has 2 heterocycles. The average molecular weight is 406 g/mol. The Morgan fingerprint density at radius 2 is 2.00 bits per heavy atom. The highest BCUT2D eigenvalue weighted by Gasteiger charge is 2.48. The number of hydrogen-bond donors (Lipinski definition) is 1. The molecule has 1 aromatic rings. The fourth-order valence-corrected chi connectivity index (χ4v) is 4.56. The molecule has 7 heteroatoms. The van der Waals surface area contributed by atoms with Crippen molar-refractivity contribution in [1.82, 2.24) is 15.2 Å². The number of piperidine rings is 1. The second-order valence-electron chi connectivity index (χ2n) is 9.73. The summed E-state index contributed by atoms with van der Waals surface area (Å²) in [5.41, 5.74) is 0.270. The molecular formula is C22H35N3O4. The molecule has 29 heavy (non-hydrogen) atoms. The van der Waals surface area contributed by atoms with E-state index in [1.807, 2.05) is 18.0 Å². The van der Waals surface area contributed by atoms with Crippen molar-refractivity contribution in [3.05, 3.63) is 17.8 Å². The van der Waals surface area contributed by atoms with E-state index in [4.69, 9.17) is 4.42 Å². The van der Waals surface area contributed by atoms with Crippen molar-refractivity contribution in [3.63, 3.8) is 0 Å². The lowest BCUT2D eigenvalue weighted by atomic mass is 9.57. The number of aromatic nitrogens is 1. The second kappa shape index (κ2) is 8.36. The number of amides is 2. The largest absolute Gasteiger partial charge is 0.453 e. The van der Waals surface area contributed by atoms with E-state index in [0.717, 1.165) is 50.4 Å². The first-order valence-corrected chi connectivity index (χ1v) is 10.7. The molecule has 1 spiro atoms. The third kappa shape index (κ3) is 4.75. The molecule has 1 unspecified atom stereocenters. The van der Waals surface area contributed by atoms with Gasteiger partial charge in [-0.3, -0.25) is 4.79 Å². The zero-order valence-electron chi connectivity index (χ0n) is 18.4. The van der Waals surface area contributed by atoms with Gasteiger partial charge in [-0.2, -0.15) is 0 Å². The summed E-state index contributed by atoms with van der Waals surface area (Å²) in [6.07, 6.45) is 6.43. The third-order valence-corrected chi connectivity index (χ3v) is 6.58. The monoisotopic (exact) mass is 405 g/mol. The molecule has 1 aliphatic heterocycles. The lowest BCUT2D eigenvalue weighted by Crippen LogP contribution is -2.50. The Kier molecular flexibility index (Phi) is 6.24. The summed E-state index contributed by atoms with van der Waals surface area (Å²) in [6, 6.07) is 0. The third-order valence-electron chi connectivity index (χ3n) is 6.58. The molecule has 162 valence electrons. The lowest BCUT2D eigenvalue weighted by Gasteiger charge is -2.52. The van der Waals surface area contributed by atoms with Gasteiger partial charge in [0.1, 0.15) is 5.76 Å². The molecule has 2 amide bonds. The average Bonchev–Trinajstić information content (AvgIpc) is 3.16. The molecule has 2 aliphatic rings. The highest BCUT2D eigenvalue weighted by atomic mass is 16.5. The first-order chi connectivity index (χ1) is 13.7. The molecule has 1 N–H and O–H groups in total. The van der Waals surface area contributed by atoms with Crippen LogP contribution in [0.5, 0.6) is 0 Å². The molecule has 7 nitrogen and oxygen atoms in total. The summed E-state index contributed by atoms with van der Waals surface area (Å²) in [5, 5.41) is 2.65. The Morgan fingerprint density at radius 1 is 1.34 bits per heavy atom. The van der Waals surface area contributed by atoms with Gasteiger partial charge in [0.25, 0.3) is 0 Å². The van der Waals surface area contributed by atoms with Crippen molar-refractivity contribution >= 4 is 12.0 Å². The van der Waals surface area contributed by atoms with Crippen LogP contribution in [-0.4, -0.2) is 48.6 Å². The summed E-state index contributed by atoms with van der Waals surface area (Å²) < 4.78 is 10.6. The van der Waals surface area contributed by atoms with Gasteiger partial charge in [-0.1, -0.05) is 27.7 Å². The Morgan fingerprint density at radius 3 is 2.52 bits per heavy atom. The van der Waals surface area contributed by atoms with Gasteiger partial charge < -0.3 is 19.4 Å². The predicted molar refractivity (Wildman–Crippen MR) is 110 cm³/mol. The molecule has 1 aromatic heterocycles. The van der Waals surface area contributed by atoms with E-state index in [9.17, 15) is 9.59 Å². The van der Waals surface area contributed by atoms with Crippen LogP contribution in [0.4, 0.5) is 4.79 Å². The van der Waals surface area contributed by atoms with Crippen LogP contribution < -0.4 is 5.32 Å². The topological polar surface area (TPSA) is 84.7 Å². The Bertz CT molecular complexity index is 721. The van der Waals surface area contributed by atoms with Crippen molar-refractivity contribution in [2.45, 2.75) is 71.1 Å². The van der Waals surface area contributed by atoms with Crippen molar-refractivity contribution in [2.75, 3.05) is 26.7 Å². The summed E-state index contributed by atoms with van der Waals surface area (Å²) in [4.78, 5) is 30.6. The van der Waals surface area contributed by atoms with Crippen molar-refractivity contribution in [1.29, 1.82) is 0 Å². The summed E-state index contributed by atoms with van der Waals surface area (Å²) in [6.45, 7) is 10.2. The van der Waals surface area contributed by atoms with Crippen LogP contribution >= 0.6 is 0 Å². The van der Waals surface area contributed by atoms with E-state index >= 15 is 0 Å². The van der Waals surface area contributed by atoms with Crippen molar-refractivity contribution in [3.8, 4) is 0 Å². The summed E-state index contributed by atoms with van der Waals surface area (Å²) in [7, 11) is 1.33. The number of oxazole rings is 1. The van der Waals surface area contributed by atoms with E-state index < -0.39 is 6.09 Å². The predicted octanol–water partition coefficient (Wildman–Crippen LogP) is 3.84. The number of likely N-dealkylation sites (tertiary alicyclic amines) is 1. The van der Waals surface area contributed by atoms with E-state index in [1.165, 1.54) is 7.11 Å². The van der Waals surface area contributed by atoms with Gasteiger partial charge >= 0.3 is 6.09 Å². The molecule has 0 radical (unpaired) electrons. The summed E-state index contributed by atoms with van der Waals surface area (Å²) in [5.74, 6) is 2.22. The number of rotatable bonds is 5. The fourth-order valence-electron chi connectivity index (χ4n) is 4.56. The molecule has 1 atom stereocenters. The maximum Gasteiger partial charge on any atom is 0.406 e. The van der Waals surface area contributed by atoms with Gasteiger partial charge in [-0.15, -0.1) is 0 Å². The Labute approximate surface area is 173 Å². The maximum atomic E-state index is 12.8. The normalized spacial score (nSPS) is 20.2. The number of hydrogen-bond acceptors (Lipinski definition) is 5. The fraction of sp³-hybridized carbons (Fsp3) is 0.773. The second-order valence-corrected chi connectivity index (χ2v) is 9.73. The van der Waals surface area contributed by atoms with Gasteiger partial charge in [-0.05, 0) is 37.5 Å². The van der Waals surface area contributed by atoms with Crippen molar-refractivity contribution in [2.24, 2.45) is 11.3 Å². The van der Waals surface area contributed by atoms with Gasteiger partial charge in [0, 0.05) is 31.0 Å². The Balaban J connectivity index is 1.49. The molecule has 0 aromatic carbocycles. The summed E-state index contributed by atoms with van der Waals surface area (Å²) >= 11 is 0. The molecule has 2 fully saturated rings. The van der Waals surface area contributed by atoms with E-state index in [-0.39, 0.29) is 17.2 Å². The Hall–Kier alpha value is -2.05. The van der Waals surface area contributed by atoms with Crippen molar-refractivity contribution < 1.29 is 18.7 Å². The molecule has 1 aliphatic carbocycles.